The summed E-state index contributed by atoms with van der Waals surface area (Å²) in [4.78, 5) is 49.3. The van der Waals surface area contributed by atoms with Crippen LogP contribution in [0.25, 0.3) is 0 Å². The Morgan fingerprint density at radius 1 is 1.30 bits per heavy atom. The fourth-order valence-electron chi connectivity index (χ4n) is 3.40. The highest BCUT2D eigenvalue weighted by Crippen LogP contribution is 2.54. The first-order valence-electron chi connectivity index (χ1n) is 8.64. The summed E-state index contributed by atoms with van der Waals surface area (Å²) in [6.07, 6.45) is -0.167. The number of benzene rings is 1. The molecule has 0 saturated carbocycles. The number of esters is 1. The minimum atomic E-state index is -1.15. The van der Waals surface area contributed by atoms with Crippen molar-refractivity contribution in [3.8, 4) is 0 Å². The molecule has 2 fully saturated rings. The van der Waals surface area contributed by atoms with Crippen LogP contribution in [0.2, 0.25) is 0 Å². The smallest absolute Gasteiger partial charge is 0.330 e. The van der Waals surface area contributed by atoms with Gasteiger partial charge >= 0.3 is 12.0 Å². The van der Waals surface area contributed by atoms with Crippen molar-refractivity contribution in [2.75, 3.05) is 12.8 Å². The summed E-state index contributed by atoms with van der Waals surface area (Å²) in [7, 11) is 1.37. The highest BCUT2D eigenvalue weighted by Gasteiger charge is 2.57. The van der Waals surface area contributed by atoms with Crippen LogP contribution in [0.5, 0.6) is 0 Å². The van der Waals surface area contributed by atoms with Gasteiger partial charge in [-0.2, -0.15) is 0 Å². The predicted octanol–water partition coefficient (Wildman–Crippen LogP) is 0.964. The highest BCUT2D eigenvalue weighted by molar-refractivity contribution is 8.00. The lowest BCUT2D eigenvalue weighted by atomic mass is 10.0. The predicted molar refractivity (Wildman–Crippen MR) is 98.6 cm³/mol. The number of carbonyl (C=O) groups excluding carboxylic acids is 4. The van der Waals surface area contributed by atoms with E-state index in [9.17, 15) is 19.2 Å². The molecule has 144 valence electrons. The van der Waals surface area contributed by atoms with Gasteiger partial charge < -0.3 is 15.0 Å². The first kappa shape index (κ1) is 19.2. The Morgan fingerprint density at radius 2 is 2.00 bits per heavy atom. The van der Waals surface area contributed by atoms with E-state index in [1.807, 2.05) is 30.3 Å². The van der Waals surface area contributed by atoms with Gasteiger partial charge in [0.15, 0.2) is 6.10 Å². The number of imide groups is 1. The van der Waals surface area contributed by atoms with Gasteiger partial charge in [0, 0.05) is 19.2 Å². The molecule has 0 spiro atoms. The minimum Gasteiger partial charge on any atom is -0.451 e. The van der Waals surface area contributed by atoms with Crippen molar-refractivity contribution in [1.82, 2.24) is 15.5 Å². The monoisotopic (exact) mass is 391 g/mol. The van der Waals surface area contributed by atoms with Crippen LogP contribution < -0.4 is 10.6 Å². The zero-order valence-corrected chi connectivity index (χ0v) is 15.9. The van der Waals surface area contributed by atoms with Gasteiger partial charge in [-0.25, -0.2) is 9.59 Å². The molecule has 0 aliphatic carbocycles. The van der Waals surface area contributed by atoms with Crippen molar-refractivity contribution < 1.29 is 23.9 Å². The second-order valence-electron chi connectivity index (χ2n) is 6.39. The average Bonchev–Trinajstić information content (AvgIpc) is 3.21. The standard InChI is InChI=1S/C18H21N3O5S/c1-11(15(23)20-17(25)19-2)26-16(24)13-10-27-18(9-8-14(22)21(13)18)12-6-4-3-5-7-12/h3-7,11,13H,8-10H2,1-2H3,(H2,19,20,23,25)/t11-,13-,18-/m1/s1. The zero-order chi connectivity index (χ0) is 19.6. The normalized spacial score (nSPS) is 24.9. The lowest BCUT2D eigenvalue weighted by molar-refractivity contribution is -0.161. The third-order valence-corrected chi connectivity index (χ3v) is 6.35. The number of urea groups is 1. The Bertz CT molecular complexity index is 772. The Kier molecular flexibility index (Phi) is 5.41. The number of rotatable bonds is 4. The van der Waals surface area contributed by atoms with Crippen LogP contribution in [0, 0.1) is 0 Å². The Balaban J connectivity index is 1.74. The molecule has 0 bridgehead atoms. The van der Waals surface area contributed by atoms with Gasteiger partial charge in [0.25, 0.3) is 5.91 Å². The summed E-state index contributed by atoms with van der Waals surface area (Å²) in [5, 5.41) is 4.31. The molecule has 4 amide bonds. The summed E-state index contributed by atoms with van der Waals surface area (Å²) in [6, 6.07) is 8.17. The van der Waals surface area contributed by atoms with E-state index in [2.05, 4.69) is 10.6 Å². The maximum Gasteiger partial charge on any atom is 0.330 e. The third kappa shape index (κ3) is 3.51. The van der Waals surface area contributed by atoms with Crippen molar-refractivity contribution in [3.05, 3.63) is 35.9 Å². The Morgan fingerprint density at radius 3 is 2.67 bits per heavy atom. The molecule has 27 heavy (non-hydrogen) atoms. The van der Waals surface area contributed by atoms with Crippen LogP contribution in [0.1, 0.15) is 25.3 Å². The Hall–Kier alpha value is -2.55. The van der Waals surface area contributed by atoms with E-state index >= 15 is 0 Å². The molecule has 3 atom stereocenters. The Labute approximate surface area is 161 Å². The maximum absolute atomic E-state index is 12.7. The number of hydrogen-bond acceptors (Lipinski definition) is 6. The van der Waals surface area contributed by atoms with Gasteiger partial charge in [0.1, 0.15) is 10.9 Å². The van der Waals surface area contributed by atoms with Crippen molar-refractivity contribution in [3.63, 3.8) is 0 Å². The first-order valence-corrected chi connectivity index (χ1v) is 9.62. The molecule has 3 rings (SSSR count). The van der Waals surface area contributed by atoms with Gasteiger partial charge in [-0.05, 0) is 18.9 Å². The number of hydrogen-bond donors (Lipinski definition) is 2. The van der Waals surface area contributed by atoms with E-state index in [1.165, 1.54) is 14.0 Å². The topological polar surface area (TPSA) is 105 Å². The van der Waals surface area contributed by atoms with Gasteiger partial charge in [-0.15, -0.1) is 11.8 Å². The van der Waals surface area contributed by atoms with Crippen LogP contribution in [0.3, 0.4) is 0 Å². The van der Waals surface area contributed by atoms with E-state index in [1.54, 1.807) is 16.7 Å². The molecular weight excluding hydrogens is 370 g/mol. The highest BCUT2D eigenvalue weighted by atomic mass is 32.2. The SMILES string of the molecule is CNC(=O)NC(=O)[C@@H](C)OC(=O)[C@H]1CS[C@@]2(c3ccccc3)CCC(=O)N12. The third-order valence-electron chi connectivity index (χ3n) is 4.75. The lowest BCUT2D eigenvalue weighted by Gasteiger charge is -2.33. The van der Waals surface area contributed by atoms with Crippen molar-refractivity contribution in [1.29, 1.82) is 0 Å². The second-order valence-corrected chi connectivity index (χ2v) is 7.69. The van der Waals surface area contributed by atoms with E-state index in [-0.39, 0.29) is 5.91 Å². The lowest BCUT2D eigenvalue weighted by Crippen LogP contribution is -2.49. The molecule has 2 saturated heterocycles. The van der Waals surface area contributed by atoms with Crippen molar-refractivity contribution >= 4 is 35.6 Å². The number of carbonyl (C=O) groups is 4. The molecular formula is C18H21N3O5S. The largest absolute Gasteiger partial charge is 0.451 e. The minimum absolute atomic E-state index is 0.103. The summed E-state index contributed by atoms with van der Waals surface area (Å²) >= 11 is 1.54. The van der Waals surface area contributed by atoms with Gasteiger partial charge in [0.05, 0.1) is 0 Å². The molecule has 0 unspecified atom stereocenters. The number of amides is 4. The quantitative estimate of drug-likeness (QED) is 0.741. The summed E-state index contributed by atoms with van der Waals surface area (Å²) in [6.45, 7) is 1.38. The first-order chi connectivity index (χ1) is 12.9. The number of thioether (sulfide) groups is 1. The molecule has 8 nitrogen and oxygen atoms in total. The fourth-order valence-corrected chi connectivity index (χ4v) is 5.03. The molecule has 0 radical (unpaired) electrons. The fraction of sp³-hybridized carbons (Fsp3) is 0.444. The molecule has 9 heteroatoms. The van der Waals surface area contributed by atoms with Crippen LogP contribution in [0.4, 0.5) is 4.79 Å². The number of nitrogens with one attached hydrogen (secondary N) is 2. The molecule has 2 aliphatic rings. The summed E-state index contributed by atoms with van der Waals surface area (Å²) < 4.78 is 5.24. The molecule has 1 aromatic rings. The van der Waals surface area contributed by atoms with E-state index in [4.69, 9.17) is 4.74 Å². The van der Waals surface area contributed by atoms with Gasteiger partial charge in [-0.3, -0.25) is 14.9 Å². The molecule has 2 heterocycles. The van der Waals surface area contributed by atoms with Gasteiger partial charge in [-0.1, -0.05) is 30.3 Å². The number of fused-ring (bicyclic) bond motifs is 1. The molecule has 0 aromatic heterocycles. The van der Waals surface area contributed by atoms with E-state index in [0.717, 1.165) is 5.56 Å². The van der Waals surface area contributed by atoms with Gasteiger partial charge in [0.2, 0.25) is 5.91 Å². The molecule has 2 N–H and O–H groups in total. The molecule has 1 aromatic carbocycles. The van der Waals surface area contributed by atoms with E-state index < -0.39 is 34.9 Å². The second kappa shape index (κ2) is 7.59. The van der Waals surface area contributed by atoms with E-state index in [0.29, 0.717) is 18.6 Å². The summed E-state index contributed by atoms with van der Waals surface area (Å²) in [5.74, 6) is -1.08. The van der Waals surface area contributed by atoms with Crippen LogP contribution in [0.15, 0.2) is 30.3 Å². The summed E-state index contributed by atoms with van der Waals surface area (Å²) in [5.41, 5.74) is 0.974. The average molecular weight is 391 g/mol. The maximum atomic E-state index is 12.7. The van der Waals surface area contributed by atoms with Crippen LogP contribution in [-0.4, -0.2) is 53.7 Å². The zero-order valence-electron chi connectivity index (χ0n) is 15.1. The van der Waals surface area contributed by atoms with Crippen LogP contribution >= 0.6 is 11.8 Å². The van der Waals surface area contributed by atoms with Crippen LogP contribution in [-0.2, 0) is 24.0 Å². The molecule has 2 aliphatic heterocycles. The van der Waals surface area contributed by atoms with Crippen molar-refractivity contribution in [2.24, 2.45) is 0 Å². The number of nitrogens with zero attached hydrogens (tertiary/aromatic N) is 1. The number of ether oxygens (including phenoxy) is 1. The van der Waals surface area contributed by atoms with Crippen molar-refractivity contribution in [2.45, 2.75) is 36.8 Å².